The Bertz CT molecular complexity index is 568. The van der Waals surface area contributed by atoms with Gasteiger partial charge in [0.2, 0.25) is 0 Å². The Kier molecular flexibility index (Phi) is 3.23. The molecule has 0 amide bonds. The second-order valence-electron chi connectivity index (χ2n) is 5.09. The third kappa shape index (κ3) is 2.22. The second kappa shape index (κ2) is 5.03. The average Bonchev–Trinajstić information content (AvgIpc) is 2.86. The first-order valence-corrected chi connectivity index (χ1v) is 7.05. The van der Waals surface area contributed by atoms with E-state index in [2.05, 4.69) is 26.8 Å². The van der Waals surface area contributed by atoms with E-state index in [9.17, 15) is 0 Å². The highest BCUT2D eigenvalue weighted by Crippen LogP contribution is 2.26. The van der Waals surface area contributed by atoms with E-state index in [-0.39, 0.29) is 0 Å². The van der Waals surface area contributed by atoms with Gasteiger partial charge in [0.15, 0.2) is 11.6 Å². The number of rotatable bonds is 3. The summed E-state index contributed by atoms with van der Waals surface area (Å²) in [7, 11) is 0. The van der Waals surface area contributed by atoms with Crippen molar-refractivity contribution in [1.29, 1.82) is 0 Å². The Morgan fingerprint density at radius 2 is 2.16 bits per heavy atom. The lowest BCUT2D eigenvalue weighted by Gasteiger charge is -2.05. The van der Waals surface area contributed by atoms with Crippen LogP contribution >= 0.6 is 0 Å². The molecule has 6 heteroatoms. The van der Waals surface area contributed by atoms with Crippen LogP contribution in [0.1, 0.15) is 38.4 Å². The molecule has 3 heterocycles. The summed E-state index contributed by atoms with van der Waals surface area (Å²) in [5.41, 5.74) is 6.93. The summed E-state index contributed by atoms with van der Waals surface area (Å²) in [5, 5.41) is 13.0. The Balaban J connectivity index is 2.00. The molecule has 0 radical (unpaired) electrons. The molecule has 1 aliphatic heterocycles. The number of hydrogen-bond acceptors (Lipinski definition) is 4. The minimum Gasteiger partial charge on any atom is -0.382 e. The number of nitrogens with zero attached hydrogens (tertiary/aromatic N) is 5. The summed E-state index contributed by atoms with van der Waals surface area (Å²) < 4.78 is 4.10. The lowest BCUT2D eigenvalue weighted by Crippen LogP contribution is -2.03. The molecule has 0 aliphatic carbocycles. The highest BCUT2D eigenvalue weighted by molar-refractivity contribution is 5.67. The molecule has 102 valence electrons. The average molecular weight is 260 g/mol. The largest absolute Gasteiger partial charge is 0.382 e. The molecule has 2 aromatic heterocycles. The van der Waals surface area contributed by atoms with Gasteiger partial charge in [-0.1, -0.05) is 13.3 Å². The van der Waals surface area contributed by atoms with Gasteiger partial charge in [-0.25, -0.2) is 0 Å². The van der Waals surface area contributed by atoms with E-state index in [0.717, 1.165) is 43.1 Å². The van der Waals surface area contributed by atoms with Crippen LogP contribution in [0.2, 0.25) is 0 Å². The van der Waals surface area contributed by atoms with Gasteiger partial charge in [-0.2, -0.15) is 5.10 Å². The number of hydrogen-bond donors (Lipinski definition) is 1. The zero-order chi connectivity index (χ0) is 13.2. The van der Waals surface area contributed by atoms with E-state index in [1.54, 1.807) is 0 Å². The Hall–Kier alpha value is -1.85. The number of aryl methyl sites for hydroxylation is 2. The first-order valence-electron chi connectivity index (χ1n) is 7.05. The van der Waals surface area contributed by atoms with Crippen molar-refractivity contribution in [2.24, 2.45) is 0 Å². The molecule has 3 rings (SSSR count). The molecule has 0 spiro atoms. The third-order valence-electron chi connectivity index (χ3n) is 3.59. The normalized spacial score (nSPS) is 15.2. The second-order valence-corrected chi connectivity index (χ2v) is 5.09. The highest BCUT2D eigenvalue weighted by Gasteiger charge is 2.19. The minimum absolute atomic E-state index is 0.549. The molecule has 0 atom stereocenters. The van der Waals surface area contributed by atoms with Crippen LogP contribution in [0.15, 0.2) is 6.20 Å². The zero-order valence-electron chi connectivity index (χ0n) is 11.3. The number of fused-ring (bicyclic) bond motifs is 1. The van der Waals surface area contributed by atoms with Crippen molar-refractivity contribution in [3.05, 3.63) is 12.0 Å². The first kappa shape index (κ1) is 12.2. The van der Waals surface area contributed by atoms with Gasteiger partial charge in [0.05, 0.1) is 5.56 Å². The van der Waals surface area contributed by atoms with Crippen molar-refractivity contribution in [2.75, 3.05) is 5.73 Å². The van der Waals surface area contributed by atoms with Crippen molar-refractivity contribution in [2.45, 2.75) is 52.1 Å². The van der Waals surface area contributed by atoms with Crippen molar-refractivity contribution in [3.8, 4) is 11.4 Å². The predicted octanol–water partition coefficient (Wildman–Crippen LogP) is 1.86. The van der Waals surface area contributed by atoms with Gasteiger partial charge in [0, 0.05) is 25.7 Å². The molecule has 1 aliphatic rings. The zero-order valence-corrected chi connectivity index (χ0v) is 11.3. The Morgan fingerprint density at radius 3 is 3.00 bits per heavy atom. The molecule has 0 saturated carbocycles. The maximum absolute atomic E-state index is 6.02. The van der Waals surface area contributed by atoms with Gasteiger partial charge in [-0.15, -0.1) is 10.2 Å². The molecular weight excluding hydrogens is 240 g/mol. The van der Waals surface area contributed by atoms with Crippen LogP contribution in [0, 0.1) is 0 Å². The van der Waals surface area contributed by atoms with E-state index in [4.69, 9.17) is 5.73 Å². The van der Waals surface area contributed by atoms with Gasteiger partial charge < -0.3 is 10.3 Å². The summed E-state index contributed by atoms with van der Waals surface area (Å²) in [6.07, 6.45) is 7.67. The van der Waals surface area contributed by atoms with Crippen molar-refractivity contribution < 1.29 is 0 Å². The van der Waals surface area contributed by atoms with Crippen LogP contribution in [-0.2, 0) is 19.5 Å². The standard InChI is InChI=1S/C13H20N6/c1-2-7-18-9-10(12(14)17-18)13-16-15-11-6-4-3-5-8-19(11)13/h9H,2-8H2,1H3,(H2,14,17). The molecule has 0 saturated heterocycles. The van der Waals surface area contributed by atoms with Crippen LogP contribution in [0.25, 0.3) is 11.4 Å². The predicted molar refractivity (Wildman–Crippen MR) is 73.5 cm³/mol. The molecule has 0 fully saturated rings. The number of aromatic nitrogens is 5. The third-order valence-corrected chi connectivity index (χ3v) is 3.59. The molecule has 0 aromatic carbocycles. The fraction of sp³-hybridized carbons (Fsp3) is 0.615. The Morgan fingerprint density at radius 1 is 1.26 bits per heavy atom. The molecule has 19 heavy (non-hydrogen) atoms. The van der Waals surface area contributed by atoms with E-state index < -0.39 is 0 Å². The van der Waals surface area contributed by atoms with Gasteiger partial charge >= 0.3 is 0 Å². The summed E-state index contributed by atoms with van der Waals surface area (Å²) in [6.45, 7) is 3.99. The molecule has 2 aromatic rings. The molecule has 6 nitrogen and oxygen atoms in total. The van der Waals surface area contributed by atoms with E-state index >= 15 is 0 Å². The fourth-order valence-electron chi connectivity index (χ4n) is 2.64. The molecular formula is C13H20N6. The van der Waals surface area contributed by atoms with Crippen LogP contribution < -0.4 is 5.73 Å². The summed E-state index contributed by atoms with van der Waals surface area (Å²) in [5.74, 6) is 2.50. The van der Waals surface area contributed by atoms with E-state index in [1.165, 1.54) is 19.3 Å². The fourth-order valence-corrected chi connectivity index (χ4v) is 2.64. The maximum atomic E-state index is 6.02. The van der Waals surface area contributed by atoms with Crippen molar-refractivity contribution >= 4 is 5.82 Å². The highest BCUT2D eigenvalue weighted by atomic mass is 15.3. The van der Waals surface area contributed by atoms with E-state index in [0.29, 0.717) is 5.82 Å². The van der Waals surface area contributed by atoms with Gasteiger partial charge in [0.25, 0.3) is 0 Å². The summed E-state index contributed by atoms with van der Waals surface area (Å²) in [6, 6.07) is 0. The van der Waals surface area contributed by atoms with Crippen molar-refractivity contribution in [1.82, 2.24) is 24.5 Å². The molecule has 0 unspecified atom stereocenters. The number of anilines is 1. The quantitative estimate of drug-likeness (QED) is 0.914. The lowest BCUT2D eigenvalue weighted by molar-refractivity contribution is 0.605. The van der Waals surface area contributed by atoms with Crippen LogP contribution in [0.4, 0.5) is 5.82 Å². The molecule has 2 N–H and O–H groups in total. The smallest absolute Gasteiger partial charge is 0.169 e. The monoisotopic (exact) mass is 260 g/mol. The maximum Gasteiger partial charge on any atom is 0.169 e. The number of nitrogens with two attached hydrogens (primary N) is 1. The SMILES string of the molecule is CCCn1cc(-c2nnc3n2CCCCC3)c(N)n1. The minimum atomic E-state index is 0.549. The van der Waals surface area contributed by atoms with Crippen LogP contribution in [0.5, 0.6) is 0 Å². The van der Waals surface area contributed by atoms with Gasteiger partial charge in [-0.3, -0.25) is 4.68 Å². The number of nitrogen functional groups attached to an aromatic ring is 1. The lowest BCUT2D eigenvalue weighted by atomic mass is 10.2. The Labute approximate surface area is 112 Å². The van der Waals surface area contributed by atoms with E-state index in [1.807, 2.05) is 10.9 Å². The molecule has 0 bridgehead atoms. The van der Waals surface area contributed by atoms with Gasteiger partial charge in [-0.05, 0) is 19.3 Å². The van der Waals surface area contributed by atoms with Gasteiger partial charge in [0.1, 0.15) is 5.82 Å². The summed E-state index contributed by atoms with van der Waals surface area (Å²) in [4.78, 5) is 0. The van der Waals surface area contributed by atoms with Crippen LogP contribution in [0.3, 0.4) is 0 Å². The summed E-state index contributed by atoms with van der Waals surface area (Å²) >= 11 is 0. The topological polar surface area (TPSA) is 74.5 Å². The first-order chi connectivity index (χ1) is 9.29. The van der Waals surface area contributed by atoms with Crippen LogP contribution in [-0.4, -0.2) is 24.5 Å². The van der Waals surface area contributed by atoms with Crippen molar-refractivity contribution in [3.63, 3.8) is 0 Å².